The largest absolute Gasteiger partial charge is 0.394 e. The number of aliphatic hydroxyl groups excluding tert-OH is 1. The number of carbonyl (C=O) groups excluding carboxylic acids is 3. The molecule has 9 heteroatoms. The van der Waals surface area contributed by atoms with Crippen molar-refractivity contribution in [2.75, 3.05) is 42.6 Å². The molecule has 3 aliphatic rings. The fourth-order valence-corrected chi connectivity index (χ4v) is 10.5. The van der Waals surface area contributed by atoms with Crippen molar-refractivity contribution in [3.63, 3.8) is 0 Å². The molecule has 3 aliphatic heterocycles. The Morgan fingerprint density at radius 2 is 1.65 bits per heavy atom. The third-order valence-electron chi connectivity index (χ3n) is 10.8. The normalized spacial score (nSPS) is 25.4. The second-order valence-corrected chi connectivity index (χ2v) is 15.0. The number of hydrogen-bond acceptors (Lipinski definition) is 6. The minimum absolute atomic E-state index is 0.0441. The molecular weight excluding hydrogens is 621 g/mol. The minimum atomic E-state index is -0.821. The van der Waals surface area contributed by atoms with Gasteiger partial charge in [0.2, 0.25) is 11.8 Å². The molecule has 2 aromatic rings. The highest BCUT2D eigenvalue weighted by Gasteiger charge is 2.74. The van der Waals surface area contributed by atoms with Crippen LogP contribution in [0.15, 0.2) is 79.9 Å². The highest BCUT2D eigenvalue weighted by atomic mass is 32.2. The standard InChI is InChI=1S/C39H52N4O4S/c1-7-23-41(25-28-15-13-12-14-16-28)36(45)33-32-21-22-39(48-32)34(33)37(46)43(31(26-44)27(6)9-3)35(39)38(47)42(24-8-2)30-19-17-29(18-20-30)40(10-4)11-5/h7-8,12-20,27,31-35,44H,1-2,9-11,21-26H2,3-6H3/t27-,31-,32-,33+,34-,35?,39?/m0/s1. The van der Waals surface area contributed by atoms with E-state index in [2.05, 4.69) is 31.9 Å². The number of nitrogens with zero attached hydrogens (tertiary/aromatic N) is 4. The van der Waals surface area contributed by atoms with Gasteiger partial charge in [-0.05, 0) is 62.4 Å². The molecule has 8 nitrogen and oxygen atoms in total. The van der Waals surface area contributed by atoms with E-state index in [1.807, 2.05) is 68.4 Å². The second kappa shape index (κ2) is 15.3. The Morgan fingerprint density at radius 3 is 2.23 bits per heavy atom. The van der Waals surface area contributed by atoms with Crippen molar-refractivity contribution in [2.24, 2.45) is 17.8 Å². The van der Waals surface area contributed by atoms with Crippen LogP contribution >= 0.6 is 11.8 Å². The first-order valence-corrected chi connectivity index (χ1v) is 18.4. The van der Waals surface area contributed by atoms with Crippen LogP contribution in [0.3, 0.4) is 0 Å². The van der Waals surface area contributed by atoms with Gasteiger partial charge in [0, 0.05) is 49.3 Å². The van der Waals surface area contributed by atoms with Gasteiger partial charge >= 0.3 is 0 Å². The van der Waals surface area contributed by atoms with Gasteiger partial charge in [0.15, 0.2) is 0 Å². The molecule has 0 aliphatic carbocycles. The van der Waals surface area contributed by atoms with Crippen LogP contribution in [0.5, 0.6) is 0 Å². The number of carbonyl (C=O) groups is 3. The maximum Gasteiger partial charge on any atom is 0.251 e. The van der Waals surface area contributed by atoms with E-state index >= 15 is 4.79 Å². The third kappa shape index (κ3) is 6.31. The number of likely N-dealkylation sites (tertiary alicyclic amines) is 1. The summed E-state index contributed by atoms with van der Waals surface area (Å²) >= 11 is 1.66. The lowest BCUT2D eigenvalue weighted by Crippen LogP contribution is -2.58. The summed E-state index contributed by atoms with van der Waals surface area (Å²) in [4.78, 5) is 52.0. The third-order valence-corrected chi connectivity index (χ3v) is 12.8. The van der Waals surface area contributed by atoms with Gasteiger partial charge in [-0.3, -0.25) is 14.4 Å². The molecule has 5 rings (SSSR count). The molecule has 3 fully saturated rings. The molecule has 258 valence electrons. The molecule has 0 radical (unpaired) electrons. The first-order chi connectivity index (χ1) is 23.2. The van der Waals surface area contributed by atoms with Crippen LogP contribution < -0.4 is 9.80 Å². The van der Waals surface area contributed by atoms with Gasteiger partial charge in [0.1, 0.15) is 6.04 Å². The van der Waals surface area contributed by atoms with E-state index in [-0.39, 0.29) is 42.0 Å². The average Bonchev–Trinajstić information content (AvgIpc) is 3.75. The Balaban J connectivity index is 1.56. The molecule has 0 aromatic heterocycles. The summed E-state index contributed by atoms with van der Waals surface area (Å²) in [6, 6.07) is 16.5. The van der Waals surface area contributed by atoms with Crippen molar-refractivity contribution < 1.29 is 19.5 Å². The molecule has 2 aromatic carbocycles. The van der Waals surface area contributed by atoms with Crippen molar-refractivity contribution in [3.05, 3.63) is 85.5 Å². The predicted molar refractivity (Wildman–Crippen MR) is 196 cm³/mol. The fourth-order valence-electron chi connectivity index (χ4n) is 8.26. The van der Waals surface area contributed by atoms with E-state index in [1.165, 1.54) is 0 Å². The molecule has 2 bridgehead atoms. The number of fused-ring (bicyclic) bond motifs is 1. The maximum atomic E-state index is 15.1. The van der Waals surface area contributed by atoms with Gasteiger partial charge in [-0.15, -0.1) is 24.9 Å². The SMILES string of the molecule is C=CCN(Cc1ccccc1)C(=O)[C@@H]1[C@@H]2CCC3(S2)C(C(=O)N(CC=C)c2ccc(N(CC)CC)cc2)N([C@@H](CO)[C@@H](C)CC)C(=O)[C@H]13. The minimum Gasteiger partial charge on any atom is -0.394 e. The second-order valence-electron chi connectivity index (χ2n) is 13.4. The average molecular weight is 673 g/mol. The molecule has 3 amide bonds. The lowest BCUT2D eigenvalue weighted by atomic mass is 9.70. The highest BCUT2D eigenvalue weighted by Crippen LogP contribution is 2.67. The topological polar surface area (TPSA) is 84.4 Å². The van der Waals surface area contributed by atoms with Crippen molar-refractivity contribution in [1.29, 1.82) is 0 Å². The van der Waals surface area contributed by atoms with Gasteiger partial charge in [-0.25, -0.2) is 0 Å². The van der Waals surface area contributed by atoms with Gasteiger partial charge in [0.25, 0.3) is 5.91 Å². The van der Waals surface area contributed by atoms with Gasteiger partial charge in [-0.2, -0.15) is 0 Å². The van der Waals surface area contributed by atoms with Crippen LogP contribution in [-0.4, -0.2) is 87.5 Å². The smallest absolute Gasteiger partial charge is 0.251 e. The van der Waals surface area contributed by atoms with Crippen molar-refractivity contribution in [2.45, 2.75) is 75.6 Å². The molecular formula is C39H52N4O4S. The summed E-state index contributed by atoms with van der Waals surface area (Å²) in [5.41, 5.74) is 2.82. The van der Waals surface area contributed by atoms with E-state index in [9.17, 15) is 14.7 Å². The van der Waals surface area contributed by atoms with Crippen LogP contribution in [0.1, 0.15) is 52.5 Å². The highest BCUT2D eigenvalue weighted by molar-refractivity contribution is 8.02. The maximum absolute atomic E-state index is 15.1. The molecule has 3 heterocycles. The molecule has 2 unspecified atom stereocenters. The summed E-state index contributed by atoms with van der Waals surface area (Å²) in [6.45, 7) is 18.7. The first kappa shape index (κ1) is 35.7. The zero-order valence-electron chi connectivity index (χ0n) is 29.0. The summed E-state index contributed by atoms with van der Waals surface area (Å²) < 4.78 is -0.771. The Labute approximate surface area is 290 Å². The number of anilines is 2. The first-order valence-electron chi connectivity index (χ1n) is 17.5. The van der Waals surface area contributed by atoms with Crippen molar-refractivity contribution >= 4 is 40.9 Å². The van der Waals surface area contributed by atoms with E-state index in [1.54, 1.807) is 38.6 Å². The number of benzene rings is 2. The molecule has 7 atom stereocenters. The zero-order valence-corrected chi connectivity index (χ0v) is 29.8. The van der Waals surface area contributed by atoms with E-state index in [4.69, 9.17) is 0 Å². The monoisotopic (exact) mass is 672 g/mol. The van der Waals surface area contributed by atoms with Crippen LogP contribution in [-0.2, 0) is 20.9 Å². The number of thioether (sulfide) groups is 1. The fraction of sp³-hybridized carbons (Fsp3) is 0.513. The Hall–Kier alpha value is -3.56. The Kier molecular flexibility index (Phi) is 11.4. The number of hydrogen-bond donors (Lipinski definition) is 1. The van der Waals surface area contributed by atoms with Crippen LogP contribution in [0.4, 0.5) is 11.4 Å². The lowest BCUT2D eigenvalue weighted by molar-refractivity contribution is -0.146. The number of amides is 3. The lowest BCUT2D eigenvalue weighted by Gasteiger charge is -2.41. The van der Waals surface area contributed by atoms with Gasteiger partial charge in [0.05, 0.1) is 29.2 Å². The molecule has 48 heavy (non-hydrogen) atoms. The summed E-state index contributed by atoms with van der Waals surface area (Å²) in [5.74, 6) is -1.69. The molecule has 0 saturated carbocycles. The van der Waals surface area contributed by atoms with Gasteiger partial charge < -0.3 is 24.7 Å². The number of aliphatic hydroxyl groups is 1. The Morgan fingerprint density at radius 1 is 1.00 bits per heavy atom. The number of rotatable bonds is 16. The van der Waals surface area contributed by atoms with Crippen LogP contribution in [0.25, 0.3) is 0 Å². The molecule has 1 N–H and O–H groups in total. The van der Waals surface area contributed by atoms with E-state index < -0.39 is 28.7 Å². The Bertz CT molecular complexity index is 1460. The van der Waals surface area contributed by atoms with Crippen LogP contribution in [0.2, 0.25) is 0 Å². The zero-order chi connectivity index (χ0) is 34.6. The summed E-state index contributed by atoms with van der Waals surface area (Å²) in [6.07, 6.45) is 5.60. The summed E-state index contributed by atoms with van der Waals surface area (Å²) in [5, 5.41) is 10.7. The van der Waals surface area contributed by atoms with Crippen LogP contribution in [0, 0.1) is 17.8 Å². The van der Waals surface area contributed by atoms with E-state index in [0.29, 0.717) is 19.5 Å². The molecule has 3 saturated heterocycles. The van der Waals surface area contributed by atoms with Crippen molar-refractivity contribution in [3.8, 4) is 0 Å². The van der Waals surface area contributed by atoms with Gasteiger partial charge in [-0.1, -0.05) is 62.8 Å². The quantitative estimate of drug-likeness (QED) is 0.228. The molecule has 1 spiro atoms. The predicted octanol–water partition coefficient (Wildman–Crippen LogP) is 5.76. The van der Waals surface area contributed by atoms with E-state index in [0.717, 1.165) is 42.9 Å². The van der Waals surface area contributed by atoms with Crippen molar-refractivity contribution in [1.82, 2.24) is 9.80 Å². The summed E-state index contributed by atoms with van der Waals surface area (Å²) in [7, 11) is 0.